The highest BCUT2D eigenvalue weighted by molar-refractivity contribution is 6.28. The van der Waals surface area contributed by atoms with Crippen LogP contribution in [0.4, 0.5) is 11.9 Å². The van der Waals surface area contributed by atoms with Gasteiger partial charge in [-0.25, -0.2) is 0 Å². The number of nitrogens with one attached hydrogen (secondary N) is 2. The maximum atomic E-state index is 5.78. The fourth-order valence-corrected chi connectivity index (χ4v) is 1.40. The Kier molecular flexibility index (Phi) is 5.85. The zero-order chi connectivity index (χ0) is 11.8. The van der Waals surface area contributed by atoms with Crippen molar-refractivity contribution < 1.29 is 0 Å². The van der Waals surface area contributed by atoms with Gasteiger partial charge in [0.2, 0.25) is 17.2 Å². The molecular weight excluding hydrogens is 226 g/mol. The van der Waals surface area contributed by atoms with Gasteiger partial charge in [0.25, 0.3) is 0 Å². The van der Waals surface area contributed by atoms with Crippen LogP contribution in [0.25, 0.3) is 0 Å². The molecule has 0 amide bonds. The number of aromatic nitrogens is 3. The molecular formula is C10H18ClN5. The molecule has 1 rings (SSSR count). The molecule has 0 spiro atoms. The zero-order valence-corrected chi connectivity index (χ0v) is 10.5. The third kappa shape index (κ3) is 4.61. The fraction of sp³-hybridized carbons (Fsp3) is 0.700. The normalized spacial score (nSPS) is 10.2. The minimum absolute atomic E-state index is 0.212. The Labute approximate surface area is 101 Å². The Hall–Kier alpha value is -1.10. The lowest BCUT2D eigenvalue weighted by molar-refractivity contribution is 0.740. The molecule has 16 heavy (non-hydrogen) atoms. The van der Waals surface area contributed by atoms with Gasteiger partial charge in [-0.05, 0) is 24.9 Å². The van der Waals surface area contributed by atoms with E-state index in [0.717, 1.165) is 19.5 Å². The van der Waals surface area contributed by atoms with Gasteiger partial charge in [0.05, 0.1) is 0 Å². The third-order valence-electron chi connectivity index (χ3n) is 2.01. The first kappa shape index (κ1) is 13.0. The van der Waals surface area contributed by atoms with E-state index in [4.69, 9.17) is 11.6 Å². The predicted molar refractivity (Wildman–Crippen MR) is 67.0 cm³/mol. The van der Waals surface area contributed by atoms with Crippen molar-refractivity contribution in [2.24, 2.45) is 0 Å². The lowest BCUT2D eigenvalue weighted by Crippen LogP contribution is -2.09. The van der Waals surface area contributed by atoms with Crippen LogP contribution < -0.4 is 10.6 Å². The number of rotatable bonds is 7. The molecule has 6 heteroatoms. The van der Waals surface area contributed by atoms with Crippen molar-refractivity contribution in [1.82, 2.24) is 15.0 Å². The monoisotopic (exact) mass is 243 g/mol. The first-order chi connectivity index (χ1) is 7.76. The van der Waals surface area contributed by atoms with Gasteiger partial charge in [-0.2, -0.15) is 15.0 Å². The molecule has 90 valence electrons. The highest BCUT2D eigenvalue weighted by atomic mass is 35.5. The van der Waals surface area contributed by atoms with Crippen LogP contribution in [0.3, 0.4) is 0 Å². The van der Waals surface area contributed by atoms with Crippen LogP contribution in [-0.2, 0) is 0 Å². The summed E-state index contributed by atoms with van der Waals surface area (Å²) in [5.74, 6) is 1.05. The van der Waals surface area contributed by atoms with Gasteiger partial charge in [-0.15, -0.1) is 0 Å². The topological polar surface area (TPSA) is 62.7 Å². The largest absolute Gasteiger partial charge is 0.354 e. The minimum Gasteiger partial charge on any atom is -0.354 e. The second kappa shape index (κ2) is 7.22. The Morgan fingerprint density at radius 2 is 1.69 bits per heavy atom. The zero-order valence-electron chi connectivity index (χ0n) is 9.76. The van der Waals surface area contributed by atoms with E-state index >= 15 is 0 Å². The summed E-state index contributed by atoms with van der Waals surface area (Å²) < 4.78 is 0. The van der Waals surface area contributed by atoms with Crippen LogP contribution in [-0.4, -0.2) is 28.0 Å². The molecule has 0 aliphatic carbocycles. The number of anilines is 2. The first-order valence-corrected chi connectivity index (χ1v) is 6.03. The van der Waals surface area contributed by atoms with Crippen molar-refractivity contribution >= 4 is 23.5 Å². The van der Waals surface area contributed by atoms with E-state index in [9.17, 15) is 0 Å². The maximum Gasteiger partial charge on any atom is 0.228 e. The van der Waals surface area contributed by atoms with E-state index in [1.165, 1.54) is 12.8 Å². The molecule has 0 fully saturated rings. The molecule has 0 atom stereocenters. The van der Waals surface area contributed by atoms with Crippen LogP contribution >= 0.6 is 11.6 Å². The molecule has 0 unspecified atom stereocenters. The van der Waals surface area contributed by atoms with Crippen molar-refractivity contribution in [3.05, 3.63) is 5.28 Å². The van der Waals surface area contributed by atoms with Crippen molar-refractivity contribution in [3.8, 4) is 0 Å². The summed E-state index contributed by atoms with van der Waals surface area (Å²) in [4.78, 5) is 12.2. The second-order valence-electron chi connectivity index (χ2n) is 3.42. The van der Waals surface area contributed by atoms with Gasteiger partial charge in [0.1, 0.15) is 0 Å². The molecule has 1 aromatic heterocycles. The number of hydrogen-bond donors (Lipinski definition) is 2. The minimum atomic E-state index is 0.212. The Balaban J connectivity index is 2.51. The molecule has 0 aliphatic rings. The molecule has 1 aromatic rings. The lowest BCUT2D eigenvalue weighted by atomic mass is 10.2. The Bertz CT molecular complexity index is 318. The first-order valence-electron chi connectivity index (χ1n) is 5.65. The van der Waals surface area contributed by atoms with Crippen LogP contribution in [0.5, 0.6) is 0 Å². The summed E-state index contributed by atoms with van der Waals surface area (Å²) in [6.45, 7) is 5.77. The highest BCUT2D eigenvalue weighted by Crippen LogP contribution is 2.09. The van der Waals surface area contributed by atoms with E-state index in [1.807, 2.05) is 6.92 Å². The van der Waals surface area contributed by atoms with E-state index in [-0.39, 0.29) is 5.28 Å². The van der Waals surface area contributed by atoms with Crippen LogP contribution in [0.2, 0.25) is 5.28 Å². The van der Waals surface area contributed by atoms with Gasteiger partial charge in [0.15, 0.2) is 0 Å². The van der Waals surface area contributed by atoms with Crippen LogP contribution in [0.1, 0.15) is 33.1 Å². The molecule has 5 nitrogen and oxygen atoms in total. The Morgan fingerprint density at radius 3 is 2.31 bits per heavy atom. The Morgan fingerprint density at radius 1 is 1.00 bits per heavy atom. The summed E-state index contributed by atoms with van der Waals surface area (Å²) in [6, 6.07) is 0. The van der Waals surface area contributed by atoms with Crippen molar-refractivity contribution in [2.45, 2.75) is 33.1 Å². The maximum absolute atomic E-state index is 5.78. The van der Waals surface area contributed by atoms with Crippen molar-refractivity contribution in [2.75, 3.05) is 23.7 Å². The number of halogens is 1. The van der Waals surface area contributed by atoms with Crippen molar-refractivity contribution in [1.29, 1.82) is 0 Å². The molecule has 2 N–H and O–H groups in total. The van der Waals surface area contributed by atoms with Gasteiger partial charge in [-0.3, -0.25) is 0 Å². The van der Waals surface area contributed by atoms with Crippen LogP contribution in [0, 0.1) is 0 Å². The van der Waals surface area contributed by atoms with Crippen LogP contribution in [0.15, 0.2) is 0 Å². The predicted octanol–water partition coefficient (Wildman–Crippen LogP) is 2.56. The molecule has 0 aromatic carbocycles. The summed E-state index contributed by atoms with van der Waals surface area (Å²) in [7, 11) is 0. The summed E-state index contributed by atoms with van der Waals surface area (Å²) in [5, 5.41) is 6.35. The SMILES string of the molecule is CCCCCNc1nc(Cl)nc(NCC)n1. The van der Waals surface area contributed by atoms with E-state index in [2.05, 4.69) is 32.5 Å². The molecule has 0 bridgehead atoms. The van der Waals surface area contributed by atoms with Gasteiger partial charge >= 0.3 is 0 Å². The average Bonchev–Trinajstić information content (AvgIpc) is 2.24. The molecule has 0 saturated carbocycles. The summed E-state index contributed by atoms with van der Waals surface area (Å²) in [5.41, 5.74) is 0. The van der Waals surface area contributed by atoms with Gasteiger partial charge < -0.3 is 10.6 Å². The van der Waals surface area contributed by atoms with E-state index in [0.29, 0.717) is 11.9 Å². The van der Waals surface area contributed by atoms with E-state index in [1.54, 1.807) is 0 Å². The summed E-state index contributed by atoms with van der Waals surface area (Å²) in [6.07, 6.45) is 3.50. The molecule has 1 heterocycles. The molecule has 0 saturated heterocycles. The quantitative estimate of drug-likeness (QED) is 0.721. The number of unbranched alkanes of at least 4 members (excludes halogenated alkanes) is 2. The van der Waals surface area contributed by atoms with E-state index < -0.39 is 0 Å². The average molecular weight is 244 g/mol. The van der Waals surface area contributed by atoms with Gasteiger partial charge in [0, 0.05) is 13.1 Å². The highest BCUT2D eigenvalue weighted by Gasteiger charge is 2.02. The second-order valence-corrected chi connectivity index (χ2v) is 3.75. The third-order valence-corrected chi connectivity index (χ3v) is 2.18. The summed E-state index contributed by atoms with van der Waals surface area (Å²) >= 11 is 5.78. The lowest BCUT2D eigenvalue weighted by Gasteiger charge is -2.06. The van der Waals surface area contributed by atoms with Gasteiger partial charge in [-0.1, -0.05) is 19.8 Å². The number of nitrogens with zero attached hydrogens (tertiary/aromatic N) is 3. The number of hydrogen-bond acceptors (Lipinski definition) is 5. The fourth-order valence-electron chi connectivity index (χ4n) is 1.24. The standard InChI is InChI=1S/C10H18ClN5/c1-3-5-6-7-13-10-15-8(11)14-9(16-10)12-4-2/h3-7H2,1-2H3,(H2,12,13,14,15,16). The smallest absolute Gasteiger partial charge is 0.228 e. The van der Waals surface area contributed by atoms with Crippen molar-refractivity contribution in [3.63, 3.8) is 0 Å². The molecule has 0 radical (unpaired) electrons. The molecule has 0 aliphatic heterocycles.